The summed E-state index contributed by atoms with van der Waals surface area (Å²) in [7, 11) is 1.84. The summed E-state index contributed by atoms with van der Waals surface area (Å²) in [5.41, 5.74) is 9.30. The normalized spacial score (nSPS) is 20.4. The van der Waals surface area contributed by atoms with Gasteiger partial charge in [-0.3, -0.25) is 4.79 Å². The highest BCUT2D eigenvalue weighted by Gasteiger charge is 2.32. The number of aryl methyl sites for hydroxylation is 2. The number of likely N-dealkylation sites (N-methyl/N-ethyl adjacent to an activating group) is 1. The van der Waals surface area contributed by atoms with Gasteiger partial charge in [0.2, 0.25) is 5.91 Å². The van der Waals surface area contributed by atoms with E-state index in [1.165, 1.54) is 11.1 Å². The molecule has 0 saturated carbocycles. The summed E-state index contributed by atoms with van der Waals surface area (Å²) in [5.74, 6) is 0.114. The molecule has 0 aliphatic carbocycles. The fourth-order valence-corrected chi connectivity index (χ4v) is 2.57. The zero-order valence-corrected chi connectivity index (χ0v) is 11.3. The lowest BCUT2D eigenvalue weighted by Crippen LogP contribution is -2.58. The van der Waals surface area contributed by atoms with Crippen molar-refractivity contribution in [3.05, 3.63) is 29.3 Å². The minimum absolute atomic E-state index is 0.114. The predicted octanol–water partition coefficient (Wildman–Crippen LogP) is 0.909. The Labute approximate surface area is 108 Å². The average molecular weight is 247 g/mol. The maximum atomic E-state index is 12.1. The Kier molecular flexibility index (Phi) is 3.57. The molecular formula is C14H21N3O. The van der Waals surface area contributed by atoms with Crippen molar-refractivity contribution < 1.29 is 4.79 Å². The molecule has 1 atom stereocenters. The summed E-state index contributed by atoms with van der Waals surface area (Å²) in [4.78, 5) is 16.0. The highest BCUT2D eigenvalue weighted by molar-refractivity contribution is 5.86. The lowest BCUT2D eigenvalue weighted by molar-refractivity contribution is -0.132. The highest BCUT2D eigenvalue weighted by Crippen LogP contribution is 2.23. The van der Waals surface area contributed by atoms with Crippen molar-refractivity contribution in [3.8, 4) is 0 Å². The molecule has 1 aliphatic rings. The maximum absolute atomic E-state index is 12.1. The molecule has 1 saturated heterocycles. The van der Waals surface area contributed by atoms with Gasteiger partial charge < -0.3 is 15.5 Å². The highest BCUT2D eigenvalue weighted by atomic mass is 16.2. The minimum atomic E-state index is -0.232. The molecule has 4 heteroatoms. The summed E-state index contributed by atoms with van der Waals surface area (Å²) in [5, 5.41) is 0. The van der Waals surface area contributed by atoms with Gasteiger partial charge in [0.25, 0.3) is 0 Å². The first-order chi connectivity index (χ1) is 8.52. The van der Waals surface area contributed by atoms with Gasteiger partial charge in [0.15, 0.2) is 0 Å². The number of rotatable bonds is 2. The van der Waals surface area contributed by atoms with Gasteiger partial charge in [-0.1, -0.05) is 6.07 Å². The van der Waals surface area contributed by atoms with Crippen LogP contribution in [0.15, 0.2) is 18.2 Å². The number of nitrogens with two attached hydrogens (primary N) is 1. The van der Waals surface area contributed by atoms with Crippen LogP contribution in [-0.2, 0) is 4.79 Å². The van der Waals surface area contributed by atoms with Crippen LogP contribution in [0, 0.1) is 13.8 Å². The van der Waals surface area contributed by atoms with Gasteiger partial charge in [-0.25, -0.2) is 0 Å². The van der Waals surface area contributed by atoms with Crippen molar-refractivity contribution in [2.24, 2.45) is 5.73 Å². The van der Waals surface area contributed by atoms with E-state index in [0.29, 0.717) is 6.54 Å². The van der Waals surface area contributed by atoms with Crippen LogP contribution in [0.1, 0.15) is 11.1 Å². The standard InChI is InChI=1S/C14H21N3O/c1-10-6-11(2)8-12(7-10)17-5-4-16(3)14(18)13(17)9-15/h6-8,13H,4-5,9,15H2,1-3H3. The first-order valence-electron chi connectivity index (χ1n) is 6.33. The van der Waals surface area contributed by atoms with Gasteiger partial charge in [0.1, 0.15) is 6.04 Å². The van der Waals surface area contributed by atoms with Crippen molar-refractivity contribution in [1.82, 2.24) is 4.90 Å². The predicted molar refractivity (Wildman–Crippen MR) is 73.7 cm³/mol. The Morgan fingerprint density at radius 2 is 1.83 bits per heavy atom. The lowest BCUT2D eigenvalue weighted by atomic mass is 10.1. The molecule has 1 aromatic carbocycles. The van der Waals surface area contributed by atoms with Crippen LogP contribution in [0.4, 0.5) is 5.69 Å². The molecule has 2 rings (SSSR count). The van der Waals surface area contributed by atoms with Crippen molar-refractivity contribution >= 4 is 11.6 Å². The van der Waals surface area contributed by atoms with Crippen molar-refractivity contribution in [3.63, 3.8) is 0 Å². The number of nitrogens with zero attached hydrogens (tertiary/aromatic N) is 2. The monoisotopic (exact) mass is 247 g/mol. The molecule has 0 bridgehead atoms. The van der Waals surface area contributed by atoms with Crippen LogP contribution in [0.2, 0.25) is 0 Å². The van der Waals surface area contributed by atoms with Gasteiger partial charge in [0.05, 0.1) is 0 Å². The van der Waals surface area contributed by atoms with E-state index >= 15 is 0 Å². The van der Waals surface area contributed by atoms with Gasteiger partial charge in [0, 0.05) is 32.4 Å². The molecule has 1 amide bonds. The summed E-state index contributed by atoms with van der Waals surface area (Å²) in [6, 6.07) is 6.14. The number of amides is 1. The van der Waals surface area contributed by atoms with Crippen LogP contribution in [0.5, 0.6) is 0 Å². The van der Waals surface area contributed by atoms with E-state index in [4.69, 9.17) is 5.73 Å². The van der Waals surface area contributed by atoms with Crippen LogP contribution in [-0.4, -0.2) is 43.5 Å². The Balaban J connectivity index is 2.33. The number of carbonyl (C=O) groups excluding carboxylic acids is 1. The molecule has 1 aliphatic heterocycles. The smallest absolute Gasteiger partial charge is 0.246 e. The molecule has 0 spiro atoms. The maximum Gasteiger partial charge on any atom is 0.246 e. The quantitative estimate of drug-likeness (QED) is 0.845. The van der Waals surface area contributed by atoms with Crippen LogP contribution in [0.25, 0.3) is 0 Å². The van der Waals surface area contributed by atoms with Gasteiger partial charge >= 0.3 is 0 Å². The first kappa shape index (κ1) is 12.9. The third-order valence-corrected chi connectivity index (χ3v) is 3.48. The molecule has 98 valence electrons. The molecular weight excluding hydrogens is 226 g/mol. The van der Waals surface area contributed by atoms with Crippen LogP contribution >= 0.6 is 0 Å². The number of benzene rings is 1. The third-order valence-electron chi connectivity index (χ3n) is 3.48. The fourth-order valence-electron chi connectivity index (χ4n) is 2.57. The van der Waals surface area contributed by atoms with Crippen LogP contribution < -0.4 is 10.6 Å². The molecule has 0 radical (unpaired) electrons. The summed E-state index contributed by atoms with van der Waals surface area (Å²) >= 11 is 0. The molecule has 1 heterocycles. The SMILES string of the molecule is Cc1cc(C)cc(N2CCN(C)C(=O)C2CN)c1. The largest absolute Gasteiger partial charge is 0.357 e. The van der Waals surface area contributed by atoms with E-state index in [1.807, 2.05) is 7.05 Å². The molecule has 1 fully saturated rings. The van der Waals surface area contributed by atoms with E-state index < -0.39 is 0 Å². The number of hydrogen-bond donors (Lipinski definition) is 1. The lowest BCUT2D eigenvalue weighted by Gasteiger charge is -2.40. The van der Waals surface area contributed by atoms with Gasteiger partial charge in [-0.05, 0) is 37.1 Å². The van der Waals surface area contributed by atoms with Gasteiger partial charge in [-0.2, -0.15) is 0 Å². The van der Waals surface area contributed by atoms with Crippen LogP contribution in [0.3, 0.4) is 0 Å². The fraction of sp³-hybridized carbons (Fsp3) is 0.500. The summed E-state index contributed by atoms with van der Waals surface area (Å²) in [6.07, 6.45) is 0. The Bertz CT molecular complexity index is 438. The van der Waals surface area contributed by atoms with Gasteiger partial charge in [-0.15, -0.1) is 0 Å². The second-order valence-corrected chi connectivity index (χ2v) is 5.05. The molecule has 4 nitrogen and oxygen atoms in total. The molecule has 1 aromatic rings. The Morgan fingerprint density at radius 1 is 1.22 bits per heavy atom. The second kappa shape index (κ2) is 4.98. The molecule has 18 heavy (non-hydrogen) atoms. The van der Waals surface area contributed by atoms with E-state index in [9.17, 15) is 4.79 Å². The Morgan fingerprint density at radius 3 is 2.39 bits per heavy atom. The number of hydrogen-bond acceptors (Lipinski definition) is 3. The average Bonchev–Trinajstić information content (AvgIpc) is 2.31. The van der Waals surface area contributed by atoms with E-state index in [1.54, 1.807) is 4.90 Å². The molecule has 1 unspecified atom stereocenters. The van der Waals surface area contributed by atoms with Crippen molar-refractivity contribution in [2.75, 3.05) is 31.6 Å². The summed E-state index contributed by atoms with van der Waals surface area (Å²) < 4.78 is 0. The zero-order valence-electron chi connectivity index (χ0n) is 11.3. The number of anilines is 1. The second-order valence-electron chi connectivity index (χ2n) is 5.05. The number of carbonyl (C=O) groups is 1. The van der Waals surface area contributed by atoms with Crippen molar-refractivity contribution in [2.45, 2.75) is 19.9 Å². The number of piperazine rings is 1. The summed E-state index contributed by atoms with van der Waals surface area (Å²) in [6.45, 7) is 6.10. The van der Waals surface area contributed by atoms with E-state index in [2.05, 4.69) is 36.9 Å². The van der Waals surface area contributed by atoms with Crippen molar-refractivity contribution in [1.29, 1.82) is 0 Å². The van der Waals surface area contributed by atoms with E-state index in [-0.39, 0.29) is 11.9 Å². The topological polar surface area (TPSA) is 49.6 Å². The zero-order chi connectivity index (χ0) is 13.3. The Hall–Kier alpha value is -1.55. The minimum Gasteiger partial charge on any atom is -0.357 e. The molecule has 0 aromatic heterocycles. The van der Waals surface area contributed by atoms with E-state index in [0.717, 1.165) is 18.8 Å². The first-order valence-corrected chi connectivity index (χ1v) is 6.33. The molecule has 2 N–H and O–H groups in total. The third kappa shape index (κ3) is 2.34.